The van der Waals surface area contributed by atoms with Crippen LogP contribution < -0.4 is 10.0 Å². The molecule has 3 aromatic carbocycles. The molecule has 0 saturated carbocycles. The average molecular weight is 567 g/mol. The molecule has 11 heteroatoms. The minimum absolute atomic E-state index is 0.0529. The number of furan rings is 1. The Balaban J connectivity index is 1.49. The lowest BCUT2D eigenvalue weighted by Crippen LogP contribution is -2.44. The topological polar surface area (TPSA) is 166 Å². The molecule has 4 aromatic rings. The lowest BCUT2D eigenvalue weighted by atomic mass is 10.0. The number of aliphatic hydroxyl groups is 2. The Labute approximate surface area is 231 Å². The van der Waals surface area contributed by atoms with Crippen LogP contribution in [0.5, 0.6) is 0 Å². The van der Waals surface area contributed by atoms with Gasteiger partial charge in [-0.05, 0) is 59.9 Å². The summed E-state index contributed by atoms with van der Waals surface area (Å²) >= 11 is 0. The van der Waals surface area contributed by atoms with Crippen LogP contribution >= 0.6 is 0 Å². The second kappa shape index (κ2) is 11.6. The number of carbonyl (C=O) groups excluding carboxylic acids is 1. The van der Waals surface area contributed by atoms with E-state index in [1.807, 2.05) is 0 Å². The van der Waals surface area contributed by atoms with Crippen molar-refractivity contribution in [2.24, 2.45) is 5.92 Å². The number of aryl methyl sites for hydroxylation is 1. The van der Waals surface area contributed by atoms with Crippen LogP contribution in [0.4, 0.5) is 5.69 Å². The maximum atomic E-state index is 13.0. The summed E-state index contributed by atoms with van der Waals surface area (Å²) in [5, 5.41) is 32.2. The number of carbonyl (C=O) groups is 2. The molecule has 2 atom stereocenters. The molecular weight excluding hydrogens is 536 g/mol. The zero-order valence-corrected chi connectivity index (χ0v) is 22.9. The Kier molecular flexibility index (Phi) is 8.40. The fraction of sp³-hybridized carbons (Fsp3) is 0.241. The lowest BCUT2D eigenvalue weighted by molar-refractivity contribution is -0.140. The highest BCUT2D eigenvalue weighted by molar-refractivity contribution is 7.89. The highest BCUT2D eigenvalue weighted by Gasteiger charge is 2.28. The molecule has 1 heterocycles. The van der Waals surface area contributed by atoms with Crippen molar-refractivity contribution in [1.82, 2.24) is 4.72 Å². The molecular formula is C29H30N2O8S. The van der Waals surface area contributed by atoms with Crippen molar-refractivity contribution in [3.8, 4) is 11.1 Å². The van der Waals surface area contributed by atoms with Crippen molar-refractivity contribution < 1.29 is 37.7 Å². The molecule has 0 aliphatic carbocycles. The van der Waals surface area contributed by atoms with E-state index in [0.29, 0.717) is 27.8 Å². The SMILES string of the molecule is Cc1c(C(=O)Nc2ccc(-c3ccc(S(=O)(=O)N[C@H](C(=O)O)C(C)C)cc3)cc2)oc2cccc([C@@H](O)CO)c12. The third-order valence-corrected chi connectivity index (χ3v) is 8.04. The first-order chi connectivity index (χ1) is 18.9. The summed E-state index contributed by atoms with van der Waals surface area (Å²) in [7, 11) is -4.03. The number of carboxylic acids is 1. The summed E-state index contributed by atoms with van der Waals surface area (Å²) in [6.07, 6.45) is -1.10. The molecule has 0 aliphatic rings. The number of aliphatic hydroxyl groups excluding tert-OH is 2. The predicted octanol–water partition coefficient (Wildman–Crippen LogP) is 4.07. The fourth-order valence-corrected chi connectivity index (χ4v) is 5.73. The van der Waals surface area contributed by atoms with Crippen molar-refractivity contribution in [3.63, 3.8) is 0 Å². The van der Waals surface area contributed by atoms with Gasteiger partial charge in [-0.25, -0.2) is 8.42 Å². The maximum Gasteiger partial charge on any atom is 0.322 e. The fourth-order valence-electron chi connectivity index (χ4n) is 4.39. The van der Waals surface area contributed by atoms with Gasteiger partial charge in [-0.2, -0.15) is 4.72 Å². The van der Waals surface area contributed by atoms with E-state index >= 15 is 0 Å². The van der Waals surface area contributed by atoms with Gasteiger partial charge in [-0.15, -0.1) is 0 Å². The van der Waals surface area contributed by atoms with Gasteiger partial charge in [-0.1, -0.05) is 50.2 Å². The van der Waals surface area contributed by atoms with E-state index in [-0.39, 0.29) is 10.7 Å². The van der Waals surface area contributed by atoms with Crippen LogP contribution in [0, 0.1) is 12.8 Å². The van der Waals surface area contributed by atoms with Crippen molar-refractivity contribution in [2.75, 3.05) is 11.9 Å². The first-order valence-electron chi connectivity index (χ1n) is 12.5. The summed E-state index contributed by atoms with van der Waals surface area (Å²) < 4.78 is 33.3. The smallest absolute Gasteiger partial charge is 0.322 e. The first-order valence-corrected chi connectivity index (χ1v) is 14.0. The van der Waals surface area contributed by atoms with Crippen molar-refractivity contribution in [1.29, 1.82) is 0 Å². The molecule has 10 nitrogen and oxygen atoms in total. The molecule has 1 aromatic heterocycles. The van der Waals surface area contributed by atoms with Crippen LogP contribution in [-0.2, 0) is 14.8 Å². The molecule has 0 radical (unpaired) electrons. The number of rotatable bonds is 10. The van der Waals surface area contributed by atoms with Gasteiger partial charge in [0, 0.05) is 16.6 Å². The Morgan fingerprint density at radius 3 is 2.10 bits per heavy atom. The highest BCUT2D eigenvalue weighted by Crippen LogP contribution is 2.32. The van der Waals surface area contributed by atoms with E-state index in [0.717, 1.165) is 11.1 Å². The van der Waals surface area contributed by atoms with Gasteiger partial charge in [-0.3, -0.25) is 9.59 Å². The van der Waals surface area contributed by atoms with E-state index < -0.39 is 46.6 Å². The number of aliphatic carboxylic acids is 1. The number of fused-ring (bicyclic) bond motifs is 1. The highest BCUT2D eigenvalue weighted by atomic mass is 32.2. The third kappa shape index (κ3) is 5.92. The summed E-state index contributed by atoms with van der Waals surface area (Å²) in [5.74, 6) is -2.07. The average Bonchev–Trinajstić information content (AvgIpc) is 3.28. The third-order valence-electron chi connectivity index (χ3n) is 6.58. The number of carboxylic acid groups (broad SMARTS) is 1. The van der Waals surface area contributed by atoms with E-state index in [9.17, 15) is 33.3 Å². The molecule has 4 rings (SSSR count). The van der Waals surface area contributed by atoms with Crippen LogP contribution in [0.15, 0.2) is 76.0 Å². The van der Waals surface area contributed by atoms with Crippen molar-refractivity contribution in [3.05, 3.63) is 83.6 Å². The van der Waals surface area contributed by atoms with Gasteiger partial charge in [0.15, 0.2) is 5.76 Å². The minimum Gasteiger partial charge on any atom is -0.480 e. The van der Waals surface area contributed by atoms with E-state index in [2.05, 4.69) is 10.0 Å². The molecule has 210 valence electrons. The number of hydrogen-bond donors (Lipinski definition) is 5. The Morgan fingerprint density at radius 2 is 1.55 bits per heavy atom. The number of benzene rings is 3. The normalized spacial score (nSPS) is 13.3. The van der Waals surface area contributed by atoms with E-state index in [4.69, 9.17) is 4.42 Å². The summed E-state index contributed by atoms with van der Waals surface area (Å²) in [6.45, 7) is 4.49. The zero-order chi connectivity index (χ0) is 29.2. The Bertz CT molecular complexity index is 1640. The largest absolute Gasteiger partial charge is 0.480 e. The molecule has 0 unspecified atom stereocenters. The van der Waals surface area contributed by atoms with Gasteiger partial charge in [0.1, 0.15) is 17.7 Å². The van der Waals surface area contributed by atoms with Crippen molar-refractivity contribution >= 4 is 38.6 Å². The van der Waals surface area contributed by atoms with Gasteiger partial charge in [0.2, 0.25) is 10.0 Å². The number of hydrogen-bond acceptors (Lipinski definition) is 7. The number of amides is 1. The summed E-state index contributed by atoms with van der Waals surface area (Å²) in [4.78, 5) is 24.3. The van der Waals surface area contributed by atoms with Crippen LogP contribution in [0.2, 0.25) is 0 Å². The lowest BCUT2D eigenvalue weighted by Gasteiger charge is -2.18. The Morgan fingerprint density at radius 1 is 0.950 bits per heavy atom. The van der Waals surface area contributed by atoms with Crippen molar-refractivity contribution in [2.45, 2.75) is 37.8 Å². The summed E-state index contributed by atoms with van der Waals surface area (Å²) in [5.41, 5.74) is 3.43. The predicted molar refractivity (Wildman–Crippen MR) is 149 cm³/mol. The van der Waals surface area contributed by atoms with Gasteiger partial charge < -0.3 is 25.1 Å². The van der Waals surface area contributed by atoms with Gasteiger partial charge in [0.05, 0.1) is 11.5 Å². The molecule has 40 heavy (non-hydrogen) atoms. The van der Waals surface area contributed by atoms with E-state index in [1.54, 1.807) is 75.4 Å². The van der Waals surface area contributed by atoms with Crippen LogP contribution in [0.3, 0.4) is 0 Å². The van der Waals surface area contributed by atoms with Gasteiger partial charge >= 0.3 is 5.97 Å². The molecule has 5 N–H and O–H groups in total. The quantitative estimate of drug-likeness (QED) is 0.192. The molecule has 0 bridgehead atoms. The number of nitrogens with one attached hydrogen (secondary N) is 2. The minimum atomic E-state index is -4.03. The van der Waals surface area contributed by atoms with E-state index in [1.165, 1.54) is 12.1 Å². The van der Waals surface area contributed by atoms with Crippen LogP contribution in [0.25, 0.3) is 22.1 Å². The molecule has 0 saturated heterocycles. The molecule has 0 spiro atoms. The summed E-state index contributed by atoms with van der Waals surface area (Å²) in [6, 6.07) is 16.7. The molecule has 0 aliphatic heterocycles. The second-order valence-corrected chi connectivity index (χ2v) is 11.4. The zero-order valence-electron chi connectivity index (χ0n) is 22.1. The van der Waals surface area contributed by atoms with Crippen LogP contribution in [-0.4, -0.2) is 48.3 Å². The second-order valence-electron chi connectivity index (χ2n) is 9.71. The van der Waals surface area contributed by atoms with Crippen LogP contribution in [0.1, 0.15) is 41.6 Å². The molecule has 0 fully saturated rings. The molecule has 1 amide bonds. The number of sulfonamides is 1. The Hall–Kier alpha value is -4.03. The maximum absolute atomic E-state index is 13.0. The monoisotopic (exact) mass is 566 g/mol. The van der Waals surface area contributed by atoms with Gasteiger partial charge in [0.25, 0.3) is 5.91 Å². The first kappa shape index (κ1) is 29.0. The number of anilines is 1. The standard InChI is InChI=1S/C29H30N2O8S/c1-16(2)26(29(35)36)31-40(37,38)21-13-9-19(10-14-21)18-7-11-20(12-8-18)30-28(34)27-17(3)25-22(23(33)15-32)5-4-6-24(25)39-27/h4-14,16,23,26,31-33H,15H2,1-3H3,(H,30,34)(H,35,36)/t23-,26-/m0/s1.